The number of fused-ring (bicyclic) bond motifs is 1. The summed E-state index contributed by atoms with van der Waals surface area (Å²) >= 11 is 6.41. The molecule has 0 saturated carbocycles. The zero-order valence-electron chi connectivity index (χ0n) is 17.1. The molecule has 1 aromatic rings. The fraction of sp³-hybridized carbons (Fsp3) is 0.619. The number of likely N-dealkylation sites (tertiary alicyclic amines) is 1. The van der Waals surface area contributed by atoms with Gasteiger partial charge in [-0.25, -0.2) is 4.79 Å². The number of carbonyl (C=O) groups is 2. The molecule has 0 N–H and O–H groups in total. The van der Waals surface area contributed by atoms with Gasteiger partial charge in [0, 0.05) is 31.8 Å². The summed E-state index contributed by atoms with van der Waals surface area (Å²) in [6.07, 6.45) is 2.22. The number of benzene rings is 1. The minimum Gasteiger partial charge on any atom is -0.444 e. The minimum absolute atomic E-state index is 0.0236. The number of amides is 2. The molecule has 1 fully saturated rings. The molecule has 28 heavy (non-hydrogen) atoms. The summed E-state index contributed by atoms with van der Waals surface area (Å²) in [5.74, 6) is -0.0236. The van der Waals surface area contributed by atoms with Gasteiger partial charge in [-0.1, -0.05) is 11.6 Å². The van der Waals surface area contributed by atoms with Crippen molar-refractivity contribution in [3.63, 3.8) is 0 Å². The van der Waals surface area contributed by atoms with Crippen molar-refractivity contribution in [1.82, 2.24) is 9.80 Å². The van der Waals surface area contributed by atoms with Crippen LogP contribution < -0.4 is 0 Å². The molecule has 0 bridgehead atoms. The quantitative estimate of drug-likeness (QED) is 0.760. The van der Waals surface area contributed by atoms with Crippen LogP contribution in [-0.4, -0.2) is 54.2 Å². The van der Waals surface area contributed by atoms with Crippen LogP contribution >= 0.6 is 11.6 Å². The molecular formula is C21H29ClN2O4. The molecule has 2 amide bonds. The highest BCUT2D eigenvalue weighted by Crippen LogP contribution is 2.39. The number of nitrogens with zero attached hydrogens (tertiary/aromatic N) is 2. The van der Waals surface area contributed by atoms with E-state index in [2.05, 4.69) is 0 Å². The second-order valence-corrected chi connectivity index (χ2v) is 8.90. The van der Waals surface area contributed by atoms with Crippen LogP contribution in [0.25, 0.3) is 0 Å². The third-order valence-corrected chi connectivity index (χ3v) is 5.42. The van der Waals surface area contributed by atoms with Crippen LogP contribution in [0.5, 0.6) is 0 Å². The van der Waals surface area contributed by atoms with Crippen LogP contribution in [0.1, 0.15) is 56.3 Å². The second kappa shape index (κ2) is 8.29. The van der Waals surface area contributed by atoms with Crippen molar-refractivity contribution in [2.75, 3.05) is 26.8 Å². The largest absolute Gasteiger partial charge is 0.444 e. The number of hydrogen-bond acceptors (Lipinski definition) is 4. The van der Waals surface area contributed by atoms with Crippen molar-refractivity contribution >= 4 is 23.6 Å². The third-order valence-electron chi connectivity index (χ3n) is 5.20. The average Bonchev–Trinajstić information content (AvgIpc) is 3.09. The summed E-state index contributed by atoms with van der Waals surface area (Å²) in [5.41, 5.74) is 2.74. The number of carbonyl (C=O) groups excluding carboxylic acids is 2. The molecule has 1 saturated heterocycles. The van der Waals surface area contributed by atoms with E-state index in [0.29, 0.717) is 24.7 Å². The van der Waals surface area contributed by atoms with Crippen molar-refractivity contribution < 1.29 is 19.1 Å². The summed E-state index contributed by atoms with van der Waals surface area (Å²) < 4.78 is 10.6. The van der Waals surface area contributed by atoms with Crippen molar-refractivity contribution in [2.45, 2.75) is 58.2 Å². The molecular weight excluding hydrogens is 380 g/mol. The summed E-state index contributed by atoms with van der Waals surface area (Å²) in [6.45, 7) is 7.51. The molecule has 1 unspecified atom stereocenters. The maximum absolute atomic E-state index is 12.7. The molecule has 1 atom stereocenters. The van der Waals surface area contributed by atoms with Gasteiger partial charge in [-0.05, 0) is 68.9 Å². The van der Waals surface area contributed by atoms with Crippen LogP contribution in [0.15, 0.2) is 12.1 Å². The van der Waals surface area contributed by atoms with E-state index in [-0.39, 0.29) is 24.6 Å². The normalized spacial score (nSPS) is 19.5. The number of rotatable bonds is 3. The first-order chi connectivity index (χ1) is 13.2. The van der Waals surface area contributed by atoms with E-state index in [0.717, 1.165) is 36.0 Å². The van der Waals surface area contributed by atoms with Gasteiger partial charge in [-0.2, -0.15) is 0 Å². The van der Waals surface area contributed by atoms with Gasteiger partial charge in [-0.15, -0.1) is 0 Å². The van der Waals surface area contributed by atoms with Crippen LogP contribution in [-0.2, 0) is 27.2 Å². The summed E-state index contributed by atoms with van der Waals surface area (Å²) in [4.78, 5) is 28.7. The maximum atomic E-state index is 12.7. The van der Waals surface area contributed by atoms with Gasteiger partial charge in [-0.3, -0.25) is 4.79 Å². The Hall–Kier alpha value is -1.79. The Kier molecular flexibility index (Phi) is 6.20. The predicted octanol–water partition coefficient (Wildman–Crippen LogP) is 3.94. The van der Waals surface area contributed by atoms with Crippen molar-refractivity contribution in [2.24, 2.45) is 0 Å². The van der Waals surface area contributed by atoms with Crippen LogP contribution in [0, 0.1) is 0 Å². The molecule has 2 aliphatic rings. The van der Waals surface area contributed by atoms with E-state index in [1.807, 2.05) is 37.8 Å². The molecule has 6 nitrogen and oxygen atoms in total. The van der Waals surface area contributed by atoms with Gasteiger partial charge in [0.05, 0.1) is 6.04 Å². The average molecular weight is 409 g/mol. The Morgan fingerprint density at radius 3 is 2.68 bits per heavy atom. The predicted molar refractivity (Wildman–Crippen MR) is 107 cm³/mol. The molecule has 0 aliphatic carbocycles. The number of ether oxygens (including phenoxy) is 2. The first kappa shape index (κ1) is 20.9. The number of methoxy groups -OCH3 is 1. The van der Waals surface area contributed by atoms with E-state index in [1.165, 1.54) is 7.11 Å². The lowest BCUT2D eigenvalue weighted by atomic mass is 9.90. The Bertz CT molecular complexity index is 760. The van der Waals surface area contributed by atoms with Gasteiger partial charge in [0.1, 0.15) is 12.2 Å². The van der Waals surface area contributed by atoms with Gasteiger partial charge in [0.2, 0.25) is 5.91 Å². The van der Waals surface area contributed by atoms with Crippen molar-refractivity contribution in [3.8, 4) is 0 Å². The van der Waals surface area contributed by atoms with Gasteiger partial charge in [0.15, 0.2) is 0 Å². The van der Waals surface area contributed by atoms with Crippen molar-refractivity contribution in [1.29, 1.82) is 0 Å². The molecule has 0 spiro atoms. The Balaban J connectivity index is 1.91. The molecule has 7 heteroatoms. The van der Waals surface area contributed by atoms with Crippen molar-refractivity contribution in [3.05, 3.63) is 33.8 Å². The molecule has 0 radical (unpaired) electrons. The molecule has 1 aromatic carbocycles. The first-order valence-electron chi connectivity index (χ1n) is 9.77. The Labute approximate surface area is 171 Å². The molecule has 2 heterocycles. The fourth-order valence-electron chi connectivity index (χ4n) is 4.01. The lowest BCUT2D eigenvalue weighted by molar-refractivity contribution is -0.136. The zero-order chi connectivity index (χ0) is 20.5. The first-order valence-corrected chi connectivity index (χ1v) is 10.1. The van der Waals surface area contributed by atoms with Gasteiger partial charge >= 0.3 is 6.09 Å². The highest BCUT2D eigenvalue weighted by atomic mass is 35.5. The zero-order valence-corrected chi connectivity index (χ0v) is 17.8. The molecule has 154 valence electrons. The van der Waals surface area contributed by atoms with Crippen LogP contribution in [0.3, 0.4) is 0 Å². The third kappa shape index (κ3) is 4.61. The summed E-state index contributed by atoms with van der Waals surface area (Å²) in [5, 5.41) is 0.668. The lowest BCUT2D eigenvalue weighted by Gasteiger charge is -2.34. The molecule has 3 rings (SSSR count). The molecule has 0 aromatic heterocycles. The smallest absolute Gasteiger partial charge is 0.410 e. The summed E-state index contributed by atoms with van der Waals surface area (Å²) in [6, 6.07) is 3.84. The van der Waals surface area contributed by atoms with Crippen LogP contribution in [0.4, 0.5) is 4.79 Å². The topological polar surface area (TPSA) is 59.1 Å². The monoisotopic (exact) mass is 408 g/mol. The number of hydrogen-bond donors (Lipinski definition) is 0. The standard InChI is InChI=1S/C21H29ClN2O4/c1-21(2,3)28-20(26)24-8-5-6-18(24)16-11-15(22)10-14-7-9-23(12-17(14)16)19(25)13-27-4/h10-11,18H,5-9,12-13H2,1-4H3. The maximum Gasteiger partial charge on any atom is 0.410 e. The molecule has 2 aliphatic heterocycles. The van der Waals surface area contributed by atoms with E-state index < -0.39 is 5.60 Å². The van der Waals surface area contributed by atoms with Gasteiger partial charge < -0.3 is 19.3 Å². The highest BCUT2D eigenvalue weighted by molar-refractivity contribution is 6.30. The number of halogens is 1. The Morgan fingerprint density at radius 2 is 2.00 bits per heavy atom. The summed E-state index contributed by atoms with van der Waals surface area (Å²) in [7, 11) is 1.53. The van der Waals surface area contributed by atoms with Crippen LogP contribution in [0.2, 0.25) is 5.02 Å². The van der Waals surface area contributed by atoms with E-state index in [1.54, 1.807) is 4.90 Å². The lowest BCUT2D eigenvalue weighted by Crippen LogP contribution is -2.40. The SMILES string of the molecule is COCC(=O)N1CCc2cc(Cl)cc(C3CCCN3C(=O)OC(C)(C)C)c2C1. The van der Waals surface area contributed by atoms with E-state index in [4.69, 9.17) is 21.1 Å². The second-order valence-electron chi connectivity index (χ2n) is 8.46. The fourth-order valence-corrected chi connectivity index (χ4v) is 4.26. The van der Waals surface area contributed by atoms with E-state index >= 15 is 0 Å². The highest BCUT2D eigenvalue weighted by Gasteiger charge is 2.36. The van der Waals surface area contributed by atoms with Gasteiger partial charge in [0.25, 0.3) is 0 Å². The Morgan fingerprint density at radius 1 is 1.25 bits per heavy atom. The minimum atomic E-state index is -0.540. The van der Waals surface area contributed by atoms with E-state index in [9.17, 15) is 9.59 Å².